The predicted molar refractivity (Wildman–Crippen MR) is 93.5 cm³/mol. The van der Waals surface area contributed by atoms with Crippen LogP contribution in [0.15, 0.2) is 59.6 Å². The van der Waals surface area contributed by atoms with E-state index in [9.17, 15) is 13.2 Å². The average molecular weight is 375 g/mol. The quantitative estimate of drug-likeness (QED) is 0.565. The van der Waals surface area contributed by atoms with E-state index in [1.807, 2.05) is 6.07 Å². The maximum Gasteiger partial charge on any atom is 0.387 e. The molecule has 0 spiro atoms. The molecule has 2 aromatic carbocycles. The van der Waals surface area contributed by atoms with Crippen molar-refractivity contribution < 1.29 is 17.9 Å². The molecule has 2 N–H and O–H groups in total. The lowest BCUT2D eigenvalue weighted by Gasteiger charge is -2.09. The molecular weight excluding hydrogens is 363 g/mol. The Kier molecular flexibility index (Phi) is 5.39. The minimum absolute atomic E-state index is 0.0620. The number of para-hydroxylation sites is 1. The van der Waals surface area contributed by atoms with Crippen molar-refractivity contribution in [1.82, 2.24) is 4.98 Å². The Bertz CT molecular complexity index is 953. The van der Waals surface area contributed by atoms with Crippen LogP contribution in [0.2, 0.25) is 0 Å². The highest BCUT2D eigenvalue weighted by Crippen LogP contribution is 2.33. The molecule has 4 nitrogen and oxygen atoms in total. The van der Waals surface area contributed by atoms with Gasteiger partial charge in [-0.2, -0.15) is 14.0 Å². The minimum Gasteiger partial charge on any atom is -0.434 e. The number of ether oxygens (including phenoxy) is 1. The third-order valence-electron chi connectivity index (χ3n) is 3.43. The third-order valence-corrected chi connectivity index (χ3v) is 4.22. The number of benzene rings is 2. The van der Waals surface area contributed by atoms with Gasteiger partial charge in [-0.3, -0.25) is 0 Å². The highest BCUT2D eigenvalue weighted by molar-refractivity contribution is 8.00. The molecule has 0 saturated heterocycles. The second-order valence-corrected chi connectivity index (χ2v) is 6.01. The standard InChI is InChI=1S/C18H12F3N3OS/c19-14-7-11(9-22)5-6-15(14)24-26-12-8-16(23-10-12)13-3-1-2-4-17(13)25-18(20)21/h1-8,10,18,23-24H. The number of halogens is 3. The number of hydrogen-bond acceptors (Lipinski definition) is 4. The number of H-pyrrole nitrogens is 1. The van der Waals surface area contributed by atoms with E-state index in [0.29, 0.717) is 11.3 Å². The summed E-state index contributed by atoms with van der Waals surface area (Å²) < 4.78 is 46.3. The predicted octanol–water partition coefficient (Wildman–Crippen LogP) is 5.41. The maximum atomic E-state index is 13.9. The summed E-state index contributed by atoms with van der Waals surface area (Å²) in [6, 6.07) is 14.2. The molecular formula is C18H12F3N3OS. The van der Waals surface area contributed by atoms with E-state index < -0.39 is 12.4 Å². The van der Waals surface area contributed by atoms with Gasteiger partial charge in [-0.25, -0.2) is 4.39 Å². The average Bonchev–Trinajstić information content (AvgIpc) is 3.09. The Labute approximate surface area is 151 Å². The van der Waals surface area contributed by atoms with E-state index in [2.05, 4.69) is 14.4 Å². The van der Waals surface area contributed by atoms with E-state index >= 15 is 0 Å². The summed E-state index contributed by atoms with van der Waals surface area (Å²) in [7, 11) is 0. The number of nitrogens with zero attached hydrogens (tertiary/aromatic N) is 1. The lowest BCUT2D eigenvalue weighted by Crippen LogP contribution is -2.02. The van der Waals surface area contributed by atoms with Crippen molar-refractivity contribution in [3.8, 4) is 23.1 Å². The third kappa shape index (κ3) is 4.13. The number of hydrogen-bond donors (Lipinski definition) is 2. The fourth-order valence-electron chi connectivity index (χ4n) is 2.26. The first-order chi connectivity index (χ1) is 12.6. The van der Waals surface area contributed by atoms with Gasteiger partial charge in [-0.15, -0.1) is 0 Å². The number of rotatable bonds is 6. The molecule has 0 aliphatic carbocycles. The molecule has 0 atom stereocenters. The Morgan fingerprint density at radius 1 is 1.15 bits per heavy atom. The van der Waals surface area contributed by atoms with Gasteiger partial charge in [-0.05, 0) is 48.3 Å². The smallest absolute Gasteiger partial charge is 0.387 e. The summed E-state index contributed by atoms with van der Waals surface area (Å²) >= 11 is 1.14. The largest absolute Gasteiger partial charge is 0.434 e. The van der Waals surface area contributed by atoms with Crippen molar-refractivity contribution in [3.05, 3.63) is 66.1 Å². The van der Waals surface area contributed by atoms with Crippen LogP contribution < -0.4 is 9.46 Å². The highest BCUT2D eigenvalue weighted by Gasteiger charge is 2.12. The zero-order chi connectivity index (χ0) is 18.5. The number of aromatic nitrogens is 1. The van der Waals surface area contributed by atoms with Gasteiger partial charge in [0.2, 0.25) is 0 Å². The second kappa shape index (κ2) is 7.89. The summed E-state index contributed by atoms with van der Waals surface area (Å²) in [6.07, 6.45) is 1.66. The van der Waals surface area contributed by atoms with Crippen LogP contribution in [-0.4, -0.2) is 11.6 Å². The van der Waals surface area contributed by atoms with Gasteiger partial charge in [0.1, 0.15) is 11.6 Å². The molecule has 0 aliphatic rings. The van der Waals surface area contributed by atoms with Gasteiger partial charge in [-0.1, -0.05) is 12.1 Å². The molecule has 0 unspecified atom stereocenters. The molecule has 0 amide bonds. The van der Waals surface area contributed by atoms with Crippen LogP contribution in [0.3, 0.4) is 0 Å². The molecule has 3 aromatic rings. The van der Waals surface area contributed by atoms with Gasteiger partial charge in [0.25, 0.3) is 0 Å². The topological polar surface area (TPSA) is 60.8 Å². The molecule has 132 valence electrons. The summed E-state index contributed by atoms with van der Waals surface area (Å²) in [5.41, 5.74) is 1.55. The number of nitrogens with one attached hydrogen (secondary N) is 2. The Morgan fingerprint density at radius 3 is 2.69 bits per heavy atom. The molecule has 0 saturated carbocycles. The van der Waals surface area contributed by atoms with Crippen LogP contribution in [-0.2, 0) is 0 Å². The summed E-state index contributed by atoms with van der Waals surface area (Å²) in [4.78, 5) is 3.70. The van der Waals surface area contributed by atoms with Crippen molar-refractivity contribution in [2.24, 2.45) is 0 Å². The van der Waals surface area contributed by atoms with E-state index in [-0.39, 0.29) is 17.0 Å². The van der Waals surface area contributed by atoms with Crippen LogP contribution in [0.5, 0.6) is 5.75 Å². The van der Waals surface area contributed by atoms with Gasteiger partial charge in [0.15, 0.2) is 0 Å². The molecule has 0 fully saturated rings. The number of alkyl halides is 2. The maximum absolute atomic E-state index is 13.9. The molecule has 3 rings (SSSR count). The first kappa shape index (κ1) is 17.8. The van der Waals surface area contributed by atoms with Crippen molar-refractivity contribution in [2.45, 2.75) is 11.5 Å². The first-order valence-electron chi connectivity index (χ1n) is 7.42. The molecule has 1 heterocycles. The zero-order valence-electron chi connectivity index (χ0n) is 13.2. The lowest BCUT2D eigenvalue weighted by molar-refractivity contribution is -0.0494. The first-order valence-corrected chi connectivity index (χ1v) is 8.23. The van der Waals surface area contributed by atoms with Crippen LogP contribution in [0.1, 0.15) is 5.56 Å². The fourth-order valence-corrected chi connectivity index (χ4v) is 2.95. The highest BCUT2D eigenvalue weighted by atomic mass is 32.2. The second-order valence-electron chi connectivity index (χ2n) is 5.13. The zero-order valence-corrected chi connectivity index (χ0v) is 14.0. The van der Waals surface area contributed by atoms with Crippen LogP contribution in [0, 0.1) is 17.1 Å². The van der Waals surface area contributed by atoms with Gasteiger partial charge < -0.3 is 14.4 Å². The molecule has 0 radical (unpaired) electrons. The van der Waals surface area contributed by atoms with Gasteiger partial charge in [0, 0.05) is 16.7 Å². The van der Waals surface area contributed by atoms with E-state index in [1.165, 1.54) is 18.2 Å². The molecule has 0 bridgehead atoms. The van der Waals surface area contributed by atoms with Gasteiger partial charge in [0.05, 0.1) is 23.0 Å². The Morgan fingerprint density at radius 2 is 1.96 bits per heavy atom. The van der Waals surface area contributed by atoms with Crippen molar-refractivity contribution in [1.29, 1.82) is 5.26 Å². The molecule has 26 heavy (non-hydrogen) atoms. The fraction of sp³-hybridized carbons (Fsp3) is 0.0556. The van der Waals surface area contributed by atoms with Crippen molar-refractivity contribution in [3.63, 3.8) is 0 Å². The minimum atomic E-state index is -2.92. The lowest BCUT2D eigenvalue weighted by atomic mass is 10.1. The Balaban J connectivity index is 1.74. The normalized spacial score (nSPS) is 10.6. The summed E-state index contributed by atoms with van der Waals surface area (Å²) in [6.45, 7) is -2.92. The molecule has 1 aromatic heterocycles. The summed E-state index contributed by atoms with van der Waals surface area (Å²) in [5.74, 6) is -0.477. The monoisotopic (exact) mass is 375 g/mol. The van der Waals surface area contributed by atoms with E-state index in [1.54, 1.807) is 30.5 Å². The number of anilines is 1. The van der Waals surface area contributed by atoms with Crippen LogP contribution in [0.4, 0.5) is 18.9 Å². The van der Waals surface area contributed by atoms with E-state index in [0.717, 1.165) is 22.9 Å². The van der Waals surface area contributed by atoms with E-state index in [4.69, 9.17) is 5.26 Å². The SMILES string of the molecule is N#Cc1ccc(NSc2c[nH]c(-c3ccccc3OC(F)F)c2)c(F)c1. The number of nitriles is 1. The Hall–Kier alpha value is -3.05. The van der Waals surface area contributed by atoms with Gasteiger partial charge >= 0.3 is 6.61 Å². The summed E-state index contributed by atoms with van der Waals surface area (Å²) in [5, 5.41) is 8.75. The number of aromatic amines is 1. The van der Waals surface area contributed by atoms with Crippen molar-refractivity contribution in [2.75, 3.05) is 4.72 Å². The molecule has 8 heteroatoms. The van der Waals surface area contributed by atoms with Crippen LogP contribution in [0.25, 0.3) is 11.3 Å². The van der Waals surface area contributed by atoms with Crippen LogP contribution >= 0.6 is 11.9 Å². The molecule has 0 aliphatic heterocycles. The van der Waals surface area contributed by atoms with Crippen molar-refractivity contribution >= 4 is 17.6 Å².